The summed E-state index contributed by atoms with van der Waals surface area (Å²) in [5.41, 5.74) is 3.66. The van der Waals surface area contributed by atoms with Crippen molar-refractivity contribution in [2.75, 3.05) is 19.6 Å². The maximum atomic E-state index is 12.0. The molecule has 2 aromatic carbocycles. The molecule has 162 valence electrons. The monoisotopic (exact) mass is 520 g/mol. The van der Waals surface area contributed by atoms with Crippen molar-refractivity contribution in [3.05, 3.63) is 71.3 Å². The van der Waals surface area contributed by atoms with Gasteiger partial charge in [-0.2, -0.15) is 0 Å². The number of guanidine groups is 1. The molecular weight excluding hydrogens is 487 g/mol. The van der Waals surface area contributed by atoms with Gasteiger partial charge in [0.1, 0.15) is 0 Å². The molecule has 1 atom stereocenters. The number of benzene rings is 2. The van der Waals surface area contributed by atoms with Crippen LogP contribution in [0, 0.1) is 0 Å². The minimum absolute atomic E-state index is 0. The summed E-state index contributed by atoms with van der Waals surface area (Å²) in [6.45, 7) is 8.05. The average molecular weight is 520 g/mol. The predicted molar refractivity (Wildman–Crippen MR) is 134 cm³/mol. The number of likely N-dealkylation sites (tertiary alicyclic amines) is 1. The van der Waals surface area contributed by atoms with Crippen molar-refractivity contribution in [1.29, 1.82) is 0 Å². The molecule has 0 saturated carbocycles. The Balaban J connectivity index is 0.00000320. The van der Waals surface area contributed by atoms with Gasteiger partial charge in [-0.25, -0.2) is 4.99 Å². The fraction of sp³-hybridized carbons (Fsp3) is 0.417. The first-order chi connectivity index (χ1) is 14.2. The van der Waals surface area contributed by atoms with Crippen LogP contribution in [0.3, 0.4) is 0 Å². The number of rotatable bonds is 8. The Labute approximate surface area is 197 Å². The van der Waals surface area contributed by atoms with Crippen LogP contribution in [0.4, 0.5) is 0 Å². The predicted octanol–water partition coefficient (Wildman–Crippen LogP) is 4.29. The van der Waals surface area contributed by atoms with Gasteiger partial charge in [0.15, 0.2) is 5.96 Å². The highest BCUT2D eigenvalue weighted by atomic mass is 127. The van der Waals surface area contributed by atoms with E-state index in [4.69, 9.17) is 4.99 Å². The van der Waals surface area contributed by atoms with Gasteiger partial charge in [0.2, 0.25) is 5.91 Å². The van der Waals surface area contributed by atoms with Crippen molar-refractivity contribution in [3.8, 4) is 0 Å². The van der Waals surface area contributed by atoms with Crippen LogP contribution in [0.2, 0.25) is 0 Å². The summed E-state index contributed by atoms with van der Waals surface area (Å²) in [6, 6.07) is 18.8. The summed E-state index contributed by atoms with van der Waals surface area (Å²) >= 11 is 0. The smallest absolute Gasteiger partial charge is 0.222 e. The normalized spacial score (nSPS) is 14.9. The van der Waals surface area contributed by atoms with E-state index >= 15 is 0 Å². The second kappa shape index (κ2) is 12.6. The highest BCUT2D eigenvalue weighted by Crippen LogP contribution is 2.18. The molecule has 2 N–H and O–H groups in total. The van der Waals surface area contributed by atoms with Gasteiger partial charge in [0, 0.05) is 32.6 Å². The van der Waals surface area contributed by atoms with E-state index in [1.165, 1.54) is 16.7 Å². The summed E-state index contributed by atoms with van der Waals surface area (Å²) in [7, 11) is 0. The number of carbonyl (C=O) groups excluding carboxylic acids is 1. The van der Waals surface area contributed by atoms with Crippen molar-refractivity contribution < 1.29 is 4.79 Å². The topological polar surface area (TPSA) is 56.7 Å². The maximum absolute atomic E-state index is 12.0. The SMILES string of the molecule is CCNC(=NCc1ccccc1CN1CCCC1=O)NCC(C)c1ccccc1.I. The van der Waals surface area contributed by atoms with Crippen LogP contribution in [0.5, 0.6) is 0 Å². The average Bonchev–Trinajstić information content (AvgIpc) is 3.16. The third kappa shape index (κ3) is 7.00. The third-order valence-electron chi connectivity index (χ3n) is 5.35. The van der Waals surface area contributed by atoms with E-state index < -0.39 is 0 Å². The fourth-order valence-electron chi connectivity index (χ4n) is 3.60. The van der Waals surface area contributed by atoms with Gasteiger partial charge in [-0.1, -0.05) is 61.5 Å². The Kier molecular flexibility index (Phi) is 10.1. The number of nitrogens with one attached hydrogen (secondary N) is 2. The number of carbonyl (C=O) groups is 1. The van der Waals surface area contributed by atoms with Crippen LogP contribution in [0.25, 0.3) is 0 Å². The molecule has 0 aromatic heterocycles. The van der Waals surface area contributed by atoms with Crippen molar-refractivity contribution >= 4 is 35.8 Å². The molecule has 1 amide bonds. The number of hydrogen-bond acceptors (Lipinski definition) is 2. The second-order valence-electron chi connectivity index (χ2n) is 7.58. The van der Waals surface area contributed by atoms with Gasteiger partial charge in [0.05, 0.1) is 6.54 Å². The van der Waals surface area contributed by atoms with Gasteiger partial charge in [-0.05, 0) is 36.0 Å². The first-order valence-electron chi connectivity index (χ1n) is 10.6. The maximum Gasteiger partial charge on any atom is 0.222 e. The van der Waals surface area contributed by atoms with Crippen LogP contribution >= 0.6 is 24.0 Å². The minimum Gasteiger partial charge on any atom is -0.357 e. The van der Waals surface area contributed by atoms with E-state index in [1.54, 1.807) is 0 Å². The number of hydrogen-bond donors (Lipinski definition) is 2. The van der Waals surface area contributed by atoms with E-state index in [0.29, 0.717) is 25.4 Å². The van der Waals surface area contributed by atoms with Gasteiger partial charge in [-0.15, -0.1) is 24.0 Å². The van der Waals surface area contributed by atoms with Crippen molar-refractivity contribution in [3.63, 3.8) is 0 Å². The standard InChI is InChI=1S/C24H32N4O.HI/c1-3-25-24(26-16-19(2)20-10-5-4-6-11-20)27-17-21-12-7-8-13-22(21)18-28-15-9-14-23(28)29;/h4-8,10-13,19H,3,9,14-18H2,1-2H3,(H2,25,26,27);1H. The zero-order chi connectivity index (χ0) is 20.5. The summed E-state index contributed by atoms with van der Waals surface area (Å²) in [5, 5.41) is 6.80. The van der Waals surface area contributed by atoms with E-state index in [-0.39, 0.29) is 29.9 Å². The first-order valence-corrected chi connectivity index (χ1v) is 10.6. The summed E-state index contributed by atoms with van der Waals surface area (Å²) < 4.78 is 0. The van der Waals surface area contributed by atoms with Crippen LogP contribution in [-0.2, 0) is 17.9 Å². The quantitative estimate of drug-likeness (QED) is 0.310. The molecule has 5 nitrogen and oxygen atoms in total. The lowest BCUT2D eigenvalue weighted by atomic mass is 10.0. The van der Waals surface area contributed by atoms with E-state index in [0.717, 1.165) is 32.0 Å². The lowest BCUT2D eigenvalue weighted by Crippen LogP contribution is -2.39. The van der Waals surface area contributed by atoms with Gasteiger partial charge < -0.3 is 15.5 Å². The molecule has 2 aromatic rings. The zero-order valence-electron chi connectivity index (χ0n) is 17.9. The Morgan fingerprint density at radius 1 is 1.07 bits per heavy atom. The largest absolute Gasteiger partial charge is 0.357 e. The van der Waals surface area contributed by atoms with E-state index in [9.17, 15) is 4.79 Å². The molecule has 0 radical (unpaired) electrons. The summed E-state index contributed by atoms with van der Waals surface area (Å²) in [4.78, 5) is 18.7. The molecule has 0 aliphatic carbocycles. The molecule has 1 unspecified atom stereocenters. The molecule has 1 heterocycles. The highest BCUT2D eigenvalue weighted by Gasteiger charge is 2.20. The van der Waals surface area contributed by atoms with Crippen molar-refractivity contribution in [1.82, 2.24) is 15.5 Å². The molecule has 1 aliphatic heterocycles. The van der Waals surface area contributed by atoms with E-state index in [1.807, 2.05) is 23.1 Å². The van der Waals surface area contributed by atoms with Crippen molar-refractivity contribution in [2.45, 2.75) is 45.7 Å². The van der Waals surface area contributed by atoms with E-state index in [2.05, 4.69) is 60.9 Å². The number of nitrogens with zero attached hydrogens (tertiary/aromatic N) is 2. The van der Waals surface area contributed by atoms with Crippen LogP contribution in [-0.4, -0.2) is 36.4 Å². The highest BCUT2D eigenvalue weighted by molar-refractivity contribution is 14.0. The molecule has 0 spiro atoms. The van der Waals surface area contributed by atoms with Gasteiger partial charge >= 0.3 is 0 Å². The summed E-state index contributed by atoms with van der Waals surface area (Å²) in [5.74, 6) is 1.48. The van der Waals surface area contributed by atoms with Crippen LogP contribution in [0.1, 0.15) is 49.3 Å². The Morgan fingerprint density at radius 3 is 2.43 bits per heavy atom. The van der Waals surface area contributed by atoms with Crippen LogP contribution in [0.15, 0.2) is 59.6 Å². The number of halogens is 1. The Morgan fingerprint density at radius 2 is 1.77 bits per heavy atom. The van der Waals surface area contributed by atoms with Gasteiger partial charge in [0.25, 0.3) is 0 Å². The third-order valence-corrected chi connectivity index (χ3v) is 5.35. The molecule has 1 saturated heterocycles. The molecule has 1 aliphatic rings. The molecule has 30 heavy (non-hydrogen) atoms. The van der Waals surface area contributed by atoms with Gasteiger partial charge in [-0.3, -0.25) is 4.79 Å². The van der Waals surface area contributed by atoms with Crippen LogP contribution < -0.4 is 10.6 Å². The lowest BCUT2D eigenvalue weighted by molar-refractivity contribution is -0.128. The second-order valence-corrected chi connectivity index (χ2v) is 7.58. The Hall–Kier alpha value is -2.09. The molecule has 1 fully saturated rings. The van der Waals surface area contributed by atoms with Crippen molar-refractivity contribution in [2.24, 2.45) is 4.99 Å². The number of aliphatic imine (C=N–C) groups is 1. The molecular formula is C24H33IN4O. The summed E-state index contributed by atoms with van der Waals surface area (Å²) in [6.07, 6.45) is 1.64. The number of amides is 1. The minimum atomic E-state index is 0. The first kappa shape index (κ1) is 24.2. The molecule has 6 heteroatoms. The lowest BCUT2D eigenvalue weighted by Gasteiger charge is -2.18. The zero-order valence-corrected chi connectivity index (χ0v) is 20.3. The Bertz CT molecular complexity index is 825. The molecule has 3 rings (SSSR count). The molecule has 0 bridgehead atoms. The fourth-order valence-corrected chi connectivity index (χ4v) is 3.60.